The Morgan fingerprint density at radius 2 is 1.78 bits per heavy atom. The summed E-state index contributed by atoms with van der Waals surface area (Å²) in [6.45, 7) is 2.27. The number of benzene rings is 1. The molecule has 1 fully saturated rings. The van der Waals surface area contributed by atoms with Crippen molar-refractivity contribution in [3.63, 3.8) is 0 Å². The fourth-order valence-electron chi connectivity index (χ4n) is 2.60. The number of carboxylic acid groups (broad SMARTS) is 1. The molecular weight excluding hydrogens is 224 g/mol. The molecule has 1 saturated carbocycles. The summed E-state index contributed by atoms with van der Waals surface area (Å²) in [6, 6.07) is 9.41. The average Bonchev–Trinajstić information content (AvgIpc) is 2.38. The van der Waals surface area contributed by atoms with Crippen molar-refractivity contribution in [2.75, 3.05) is 0 Å². The third-order valence-electron chi connectivity index (χ3n) is 3.78. The first-order valence-electron chi connectivity index (χ1n) is 6.67. The maximum absolute atomic E-state index is 11.4. The van der Waals surface area contributed by atoms with Gasteiger partial charge in [0.15, 0.2) is 0 Å². The van der Waals surface area contributed by atoms with Gasteiger partial charge in [-0.3, -0.25) is 0 Å². The van der Waals surface area contributed by atoms with E-state index >= 15 is 0 Å². The second kappa shape index (κ2) is 5.85. The predicted molar refractivity (Wildman–Crippen MR) is 73.2 cm³/mol. The molecule has 0 heterocycles. The summed E-state index contributed by atoms with van der Waals surface area (Å²) in [5.41, 5.74) is 1.26. The van der Waals surface area contributed by atoms with E-state index in [4.69, 9.17) is 0 Å². The van der Waals surface area contributed by atoms with Crippen molar-refractivity contribution >= 4 is 11.5 Å². The first-order chi connectivity index (χ1) is 8.66. The van der Waals surface area contributed by atoms with Crippen LogP contribution in [0.2, 0.25) is 0 Å². The molecule has 96 valence electrons. The van der Waals surface area contributed by atoms with Gasteiger partial charge < -0.3 is 5.11 Å². The van der Waals surface area contributed by atoms with Gasteiger partial charge in [0.05, 0.1) is 5.57 Å². The minimum absolute atomic E-state index is 0.424. The van der Waals surface area contributed by atoms with Crippen LogP contribution in [0, 0.1) is 11.8 Å². The van der Waals surface area contributed by atoms with Crippen LogP contribution in [0.5, 0.6) is 0 Å². The SMILES string of the molecule is CC1CCC(C=C(C(=O)O)c2ccccc2)CC1. The first-order valence-corrected chi connectivity index (χ1v) is 6.67. The summed E-state index contributed by atoms with van der Waals surface area (Å²) in [5, 5.41) is 9.34. The van der Waals surface area contributed by atoms with E-state index in [-0.39, 0.29) is 0 Å². The Bertz CT molecular complexity index is 426. The third kappa shape index (κ3) is 3.22. The zero-order valence-electron chi connectivity index (χ0n) is 10.8. The van der Waals surface area contributed by atoms with Gasteiger partial charge in [0, 0.05) is 0 Å². The van der Waals surface area contributed by atoms with Gasteiger partial charge in [-0.15, -0.1) is 0 Å². The molecule has 0 aliphatic heterocycles. The van der Waals surface area contributed by atoms with E-state index in [2.05, 4.69) is 6.92 Å². The van der Waals surface area contributed by atoms with E-state index in [1.807, 2.05) is 36.4 Å². The van der Waals surface area contributed by atoms with Gasteiger partial charge in [-0.1, -0.05) is 56.2 Å². The molecule has 0 bridgehead atoms. The fraction of sp³-hybridized carbons (Fsp3) is 0.438. The normalized spacial score (nSPS) is 24.8. The zero-order chi connectivity index (χ0) is 13.0. The molecule has 1 aliphatic carbocycles. The highest BCUT2D eigenvalue weighted by molar-refractivity contribution is 6.15. The largest absolute Gasteiger partial charge is 0.478 e. The summed E-state index contributed by atoms with van der Waals surface area (Å²) in [7, 11) is 0. The van der Waals surface area contributed by atoms with Crippen molar-refractivity contribution in [3.8, 4) is 0 Å². The van der Waals surface area contributed by atoms with Gasteiger partial charge in [-0.25, -0.2) is 4.79 Å². The van der Waals surface area contributed by atoms with E-state index in [1.54, 1.807) is 0 Å². The molecule has 1 N–H and O–H groups in total. The van der Waals surface area contributed by atoms with Crippen LogP contribution in [0.15, 0.2) is 36.4 Å². The topological polar surface area (TPSA) is 37.3 Å². The smallest absolute Gasteiger partial charge is 0.335 e. The highest BCUT2D eigenvalue weighted by Crippen LogP contribution is 2.31. The Kier molecular flexibility index (Phi) is 4.19. The number of rotatable bonds is 3. The minimum atomic E-state index is -0.820. The second-order valence-corrected chi connectivity index (χ2v) is 5.27. The molecule has 18 heavy (non-hydrogen) atoms. The molecule has 0 aromatic heterocycles. The van der Waals surface area contributed by atoms with Crippen LogP contribution in [0.3, 0.4) is 0 Å². The predicted octanol–water partition coefficient (Wildman–Crippen LogP) is 3.98. The lowest BCUT2D eigenvalue weighted by Gasteiger charge is -2.24. The lowest BCUT2D eigenvalue weighted by Crippen LogP contribution is -2.12. The monoisotopic (exact) mass is 244 g/mol. The van der Waals surface area contributed by atoms with Crippen LogP contribution in [0.1, 0.15) is 38.2 Å². The standard InChI is InChI=1S/C16H20O2/c1-12-7-9-13(10-8-12)11-15(16(17)18)14-5-3-2-4-6-14/h2-6,11-13H,7-10H2,1H3,(H,17,18). The van der Waals surface area contributed by atoms with Crippen LogP contribution >= 0.6 is 0 Å². The maximum atomic E-state index is 11.4. The lowest BCUT2D eigenvalue weighted by molar-refractivity contribution is -0.130. The number of carboxylic acids is 1. The van der Waals surface area contributed by atoms with Crippen LogP contribution in [-0.4, -0.2) is 11.1 Å². The molecule has 2 heteroatoms. The Labute approximate surface area is 108 Å². The maximum Gasteiger partial charge on any atom is 0.335 e. The average molecular weight is 244 g/mol. The highest BCUT2D eigenvalue weighted by Gasteiger charge is 2.19. The zero-order valence-corrected chi connectivity index (χ0v) is 10.8. The van der Waals surface area contributed by atoms with Gasteiger partial charge in [-0.2, -0.15) is 0 Å². The molecular formula is C16H20O2. The second-order valence-electron chi connectivity index (χ2n) is 5.27. The van der Waals surface area contributed by atoms with Crippen LogP contribution in [0.4, 0.5) is 0 Å². The van der Waals surface area contributed by atoms with Gasteiger partial charge in [0.2, 0.25) is 0 Å². The lowest BCUT2D eigenvalue weighted by atomic mass is 9.81. The van der Waals surface area contributed by atoms with Crippen molar-refractivity contribution in [2.45, 2.75) is 32.6 Å². The van der Waals surface area contributed by atoms with E-state index in [9.17, 15) is 9.90 Å². The molecule has 0 radical (unpaired) electrons. The third-order valence-corrected chi connectivity index (χ3v) is 3.78. The molecule has 0 amide bonds. The quantitative estimate of drug-likeness (QED) is 0.816. The van der Waals surface area contributed by atoms with Gasteiger partial charge in [0.25, 0.3) is 0 Å². The van der Waals surface area contributed by atoms with Crippen LogP contribution < -0.4 is 0 Å². The molecule has 0 atom stereocenters. The van der Waals surface area contributed by atoms with E-state index in [1.165, 1.54) is 12.8 Å². The number of hydrogen-bond donors (Lipinski definition) is 1. The van der Waals surface area contributed by atoms with Gasteiger partial charge >= 0.3 is 5.97 Å². The number of hydrogen-bond acceptors (Lipinski definition) is 1. The first kappa shape index (κ1) is 12.9. The van der Waals surface area contributed by atoms with E-state index < -0.39 is 5.97 Å². The minimum Gasteiger partial charge on any atom is -0.478 e. The van der Waals surface area contributed by atoms with Crippen LogP contribution in [-0.2, 0) is 4.79 Å². The number of allylic oxidation sites excluding steroid dienone is 1. The Morgan fingerprint density at radius 3 is 2.33 bits per heavy atom. The Hall–Kier alpha value is -1.57. The van der Waals surface area contributed by atoms with Crippen molar-refractivity contribution in [1.82, 2.24) is 0 Å². The summed E-state index contributed by atoms with van der Waals surface area (Å²) >= 11 is 0. The van der Waals surface area contributed by atoms with E-state index in [0.717, 1.165) is 24.3 Å². The summed E-state index contributed by atoms with van der Waals surface area (Å²) in [5.74, 6) is 0.395. The molecule has 2 rings (SSSR count). The number of aliphatic carboxylic acids is 1. The molecule has 1 aliphatic rings. The van der Waals surface area contributed by atoms with Crippen molar-refractivity contribution < 1.29 is 9.90 Å². The van der Waals surface area contributed by atoms with Crippen LogP contribution in [0.25, 0.3) is 5.57 Å². The summed E-state index contributed by atoms with van der Waals surface area (Å²) < 4.78 is 0. The van der Waals surface area contributed by atoms with Gasteiger partial charge in [0.1, 0.15) is 0 Å². The number of carbonyl (C=O) groups is 1. The van der Waals surface area contributed by atoms with Crippen molar-refractivity contribution in [2.24, 2.45) is 11.8 Å². The Balaban J connectivity index is 2.18. The summed E-state index contributed by atoms with van der Waals surface area (Å²) in [4.78, 5) is 11.4. The summed E-state index contributed by atoms with van der Waals surface area (Å²) in [6.07, 6.45) is 6.62. The molecule has 0 saturated heterocycles. The van der Waals surface area contributed by atoms with E-state index in [0.29, 0.717) is 11.5 Å². The fourth-order valence-corrected chi connectivity index (χ4v) is 2.60. The Morgan fingerprint density at radius 1 is 1.17 bits per heavy atom. The van der Waals surface area contributed by atoms with Gasteiger partial charge in [-0.05, 0) is 30.2 Å². The molecule has 2 nitrogen and oxygen atoms in total. The molecule has 0 spiro atoms. The highest BCUT2D eigenvalue weighted by atomic mass is 16.4. The van der Waals surface area contributed by atoms with Crippen molar-refractivity contribution in [3.05, 3.63) is 42.0 Å². The molecule has 0 unspecified atom stereocenters. The van der Waals surface area contributed by atoms with Crippen molar-refractivity contribution in [1.29, 1.82) is 0 Å². The molecule has 1 aromatic carbocycles. The molecule has 1 aromatic rings.